The molecule has 3 nitrogen and oxygen atoms in total. The van der Waals surface area contributed by atoms with Gasteiger partial charge in [0.2, 0.25) is 0 Å². The van der Waals surface area contributed by atoms with Gasteiger partial charge in [-0.3, -0.25) is 0 Å². The van der Waals surface area contributed by atoms with Crippen LogP contribution < -0.4 is 5.32 Å². The van der Waals surface area contributed by atoms with E-state index in [1.54, 1.807) is 0 Å². The van der Waals surface area contributed by atoms with E-state index in [1.165, 1.54) is 32.4 Å². The Labute approximate surface area is 132 Å². The zero-order chi connectivity index (χ0) is 16.1. The van der Waals surface area contributed by atoms with Gasteiger partial charge in [0.25, 0.3) is 0 Å². The van der Waals surface area contributed by atoms with E-state index in [0.717, 1.165) is 13.1 Å². The molecule has 0 radical (unpaired) electrons. The number of ether oxygens (including phenoxy) is 1. The van der Waals surface area contributed by atoms with Gasteiger partial charge < -0.3 is 15.0 Å². The summed E-state index contributed by atoms with van der Waals surface area (Å²) in [6, 6.07) is 0.434. The van der Waals surface area contributed by atoms with E-state index in [2.05, 4.69) is 58.7 Å². The van der Waals surface area contributed by atoms with Crippen molar-refractivity contribution in [3.05, 3.63) is 0 Å². The van der Waals surface area contributed by atoms with Crippen LogP contribution in [0.4, 0.5) is 0 Å². The van der Waals surface area contributed by atoms with Crippen LogP contribution in [0.5, 0.6) is 0 Å². The predicted octanol–water partition coefficient (Wildman–Crippen LogP) is 3.68. The molecule has 1 rings (SSSR count). The highest BCUT2D eigenvalue weighted by molar-refractivity contribution is 5.06. The second-order valence-corrected chi connectivity index (χ2v) is 7.65. The minimum atomic E-state index is -0.0898. The molecule has 1 saturated heterocycles. The summed E-state index contributed by atoms with van der Waals surface area (Å²) in [5, 5.41) is 3.77. The Morgan fingerprint density at radius 2 is 1.48 bits per heavy atom. The van der Waals surface area contributed by atoms with Gasteiger partial charge in [0.05, 0.1) is 11.2 Å². The number of rotatable bonds is 9. The molecular weight excluding hydrogens is 260 g/mol. The Morgan fingerprint density at radius 3 is 1.95 bits per heavy atom. The zero-order valence-electron chi connectivity index (χ0n) is 15.5. The van der Waals surface area contributed by atoms with Gasteiger partial charge in [0.1, 0.15) is 0 Å². The Hall–Kier alpha value is -0.120. The molecule has 0 saturated carbocycles. The van der Waals surface area contributed by atoms with Crippen molar-refractivity contribution in [2.75, 3.05) is 26.2 Å². The molecule has 0 spiro atoms. The van der Waals surface area contributed by atoms with E-state index in [9.17, 15) is 0 Å². The second-order valence-electron chi connectivity index (χ2n) is 7.65. The second kappa shape index (κ2) is 7.94. The summed E-state index contributed by atoms with van der Waals surface area (Å²) in [5.74, 6) is 0.539. The van der Waals surface area contributed by atoms with Gasteiger partial charge in [-0.25, -0.2) is 0 Å². The molecule has 0 aromatic carbocycles. The molecule has 0 aromatic rings. The van der Waals surface area contributed by atoms with Gasteiger partial charge in [-0.1, -0.05) is 20.8 Å². The number of nitrogens with one attached hydrogen (secondary N) is 1. The van der Waals surface area contributed by atoms with Crippen LogP contribution in [0.1, 0.15) is 67.7 Å². The number of hydrogen-bond acceptors (Lipinski definition) is 3. The molecule has 0 amide bonds. The normalized spacial score (nSPS) is 27.4. The van der Waals surface area contributed by atoms with Crippen molar-refractivity contribution in [2.24, 2.45) is 5.92 Å². The molecule has 1 N–H and O–H groups in total. The monoisotopic (exact) mass is 298 g/mol. The lowest BCUT2D eigenvalue weighted by molar-refractivity contribution is -0.0796. The smallest absolute Gasteiger partial charge is 0.0790 e. The van der Waals surface area contributed by atoms with E-state index in [1.807, 2.05) is 0 Å². The maximum Gasteiger partial charge on any atom is 0.0790 e. The van der Waals surface area contributed by atoms with E-state index in [-0.39, 0.29) is 11.2 Å². The summed E-state index contributed by atoms with van der Waals surface area (Å²) in [6.07, 6.45) is 3.63. The van der Waals surface area contributed by atoms with Crippen LogP contribution in [-0.4, -0.2) is 48.3 Å². The largest absolute Gasteiger partial charge is 0.368 e. The van der Waals surface area contributed by atoms with E-state index in [4.69, 9.17) is 4.74 Å². The first kappa shape index (κ1) is 18.9. The van der Waals surface area contributed by atoms with Gasteiger partial charge in [-0.15, -0.1) is 0 Å². The molecule has 0 bridgehead atoms. The molecule has 2 unspecified atom stereocenters. The molecule has 21 heavy (non-hydrogen) atoms. The third-order valence-electron chi connectivity index (χ3n) is 4.72. The van der Waals surface area contributed by atoms with Gasteiger partial charge in [0.15, 0.2) is 0 Å². The van der Waals surface area contributed by atoms with Gasteiger partial charge >= 0.3 is 0 Å². The zero-order valence-corrected chi connectivity index (χ0v) is 15.5. The molecule has 0 aromatic heterocycles. The van der Waals surface area contributed by atoms with Crippen LogP contribution in [0.3, 0.4) is 0 Å². The third-order valence-corrected chi connectivity index (χ3v) is 4.72. The Balaban J connectivity index is 2.86. The Morgan fingerprint density at radius 1 is 0.905 bits per heavy atom. The number of hydrogen-bond donors (Lipinski definition) is 1. The number of nitrogens with zero attached hydrogens (tertiary/aromatic N) is 1. The highest BCUT2D eigenvalue weighted by Crippen LogP contribution is 2.42. The minimum Gasteiger partial charge on any atom is -0.368 e. The summed E-state index contributed by atoms with van der Waals surface area (Å²) < 4.78 is 6.43. The maximum atomic E-state index is 6.43. The average Bonchev–Trinajstić information content (AvgIpc) is 2.53. The van der Waals surface area contributed by atoms with Gasteiger partial charge in [-0.2, -0.15) is 0 Å². The third kappa shape index (κ3) is 4.94. The summed E-state index contributed by atoms with van der Waals surface area (Å²) in [4.78, 5) is 2.62. The lowest BCUT2D eigenvalue weighted by atomic mass is 9.82. The highest BCUT2D eigenvalue weighted by Gasteiger charge is 2.53. The van der Waals surface area contributed by atoms with Crippen molar-refractivity contribution < 1.29 is 4.74 Å². The van der Waals surface area contributed by atoms with Crippen LogP contribution in [0.15, 0.2) is 0 Å². The van der Waals surface area contributed by atoms with Gasteiger partial charge in [-0.05, 0) is 66.6 Å². The van der Waals surface area contributed by atoms with Crippen LogP contribution in [0, 0.1) is 5.92 Å². The molecule has 1 heterocycles. The van der Waals surface area contributed by atoms with Crippen molar-refractivity contribution in [2.45, 2.75) is 85.0 Å². The lowest BCUT2D eigenvalue weighted by Gasteiger charge is -2.34. The summed E-state index contributed by atoms with van der Waals surface area (Å²) >= 11 is 0. The van der Waals surface area contributed by atoms with E-state index in [0.29, 0.717) is 12.0 Å². The van der Waals surface area contributed by atoms with Crippen molar-refractivity contribution >= 4 is 0 Å². The highest BCUT2D eigenvalue weighted by atomic mass is 16.5. The molecule has 2 atom stereocenters. The summed E-state index contributed by atoms with van der Waals surface area (Å²) in [5.41, 5.74) is -0.151. The first-order valence-electron chi connectivity index (χ1n) is 8.94. The Bertz CT molecular complexity index is 296. The standard InChI is InChI=1S/C18H38N2O/c1-8-11-19-16-15(14-20(12-9-2)13-10-3)17(4,5)21-18(16,6)7/h15-16,19H,8-14H2,1-7H3. The molecule has 126 valence electrons. The quantitative estimate of drug-likeness (QED) is 0.703. The first-order chi connectivity index (χ1) is 9.78. The topological polar surface area (TPSA) is 24.5 Å². The van der Waals surface area contributed by atoms with Crippen LogP contribution in [0.2, 0.25) is 0 Å². The minimum absolute atomic E-state index is 0.0609. The van der Waals surface area contributed by atoms with E-state index >= 15 is 0 Å². The summed E-state index contributed by atoms with van der Waals surface area (Å²) in [6.45, 7) is 20.4. The Kier molecular flexibility index (Phi) is 7.15. The van der Waals surface area contributed by atoms with Crippen molar-refractivity contribution in [3.63, 3.8) is 0 Å². The van der Waals surface area contributed by atoms with Gasteiger partial charge in [0, 0.05) is 18.5 Å². The molecular formula is C18H38N2O. The molecule has 0 aliphatic carbocycles. The molecule has 1 fully saturated rings. The van der Waals surface area contributed by atoms with Crippen LogP contribution in [-0.2, 0) is 4.74 Å². The SMILES string of the molecule is CCCNC1C(CN(CCC)CCC)C(C)(C)OC1(C)C. The maximum absolute atomic E-state index is 6.43. The van der Waals surface area contributed by atoms with E-state index < -0.39 is 0 Å². The fourth-order valence-electron chi connectivity index (χ4n) is 3.92. The fourth-order valence-corrected chi connectivity index (χ4v) is 3.92. The summed E-state index contributed by atoms with van der Waals surface area (Å²) in [7, 11) is 0. The van der Waals surface area contributed by atoms with Crippen molar-refractivity contribution in [3.8, 4) is 0 Å². The molecule has 1 aliphatic rings. The molecule has 3 heteroatoms. The predicted molar refractivity (Wildman–Crippen MR) is 91.8 cm³/mol. The van der Waals surface area contributed by atoms with Crippen molar-refractivity contribution in [1.29, 1.82) is 0 Å². The first-order valence-corrected chi connectivity index (χ1v) is 8.94. The van der Waals surface area contributed by atoms with Crippen LogP contribution >= 0.6 is 0 Å². The fraction of sp³-hybridized carbons (Fsp3) is 1.00. The van der Waals surface area contributed by atoms with Crippen molar-refractivity contribution in [1.82, 2.24) is 10.2 Å². The van der Waals surface area contributed by atoms with Crippen LogP contribution in [0.25, 0.3) is 0 Å². The lowest BCUT2D eigenvalue weighted by Crippen LogP contribution is -2.51. The molecule has 1 aliphatic heterocycles. The average molecular weight is 299 g/mol.